The van der Waals surface area contributed by atoms with E-state index in [0.717, 1.165) is 31.2 Å². The van der Waals surface area contributed by atoms with Gasteiger partial charge in [-0.25, -0.2) is 17.1 Å². The minimum absolute atomic E-state index is 0.00289. The molecule has 1 aromatic rings. The van der Waals surface area contributed by atoms with Gasteiger partial charge in [0.25, 0.3) is 0 Å². The topological polar surface area (TPSA) is 57.7 Å². The maximum absolute atomic E-state index is 13.9. The van der Waals surface area contributed by atoms with Crippen molar-refractivity contribution in [3.05, 3.63) is 35.1 Å². The summed E-state index contributed by atoms with van der Waals surface area (Å²) in [5, 5.41) is -0.587. The zero-order valence-electron chi connectivity index (χ0n) is 14.7. The molecular formula is C18H25FN2O3S. The third-order valence-corrected chi connectivity index (χ3v) is 7.45. The number of benzene rings is 1. The first-order valence-electron chi connectivity index (χ1n) is 8.78. The highest BCUT2D eigenvalue weighted by Crippen LogP contribution is 2.30. The number of rotatable bonds is 5. The molecule has 3 rings (SSSR count). The van der Waals surface area contributed by atoms with Crippen molar-refractivity contribution in [2.24, 2.45) is 5.92 Å². The largest absolute Gasteiger partial charge is 0.340 e. The van der Waals surface area contributed by atoms with Gasteiger partial charge in [-0.15, -0.1) is 0 Å². The molecule has 1 aliphatic heterocycles. The Morgan fingerprint density at radius 3 is 2.56 bits per heavy atom. The number of sulfonamides is 1. The van der Waals surface area contributed by atoms with Crippen molar-refractivity contribution in [2.45, 2.75) is 44.4 Å². The third kappa shape index (κ3) is 3.72. The zero-order chi connectivity index (χ0) is 18.2. The molecule has 0 atom stereocenters. The van der Waals surface area contributed by atoms with E-state index >= 15 is 0 Å². The summed E-state index contributed by atoms with van der Waals surface area (Å²) in [7, 11) is -2.08. The molecule has 0 radical (unpaired) electrons. The standard InChI is InChI=1S/C18H25FN2O3S/c1-13-7-8-17(19)15(9-13)10-20(2)25(23,24)16-11-21(12-16)18(22)14-5-3-4-6-14/h7-9,14,16H,3-6,10-12H2,1-2H3. The number of carbonyl (C=O) groups is 1. The van der Waals surface area contributed by atoms with Crippen LogP contribution in [0.4, 0.5) is 4.39 Å². The molecule has 1 amide bonds. The highest BCUT2D eigenvalue weighted by molar-refractivity contribution is 7.89. The van der Waals surface area contributed by atoms with Crippen molar-refractivity contribution >= 4 is 15.9 Å². The average molecular weight is 368 g/mol. The van der Waals surface area contributed by atoms with E-state index in [1.807, 2.05) is 6.92 Å². The molecule has 0 bridgehead atoms. The summed E-state index contributed by atoms with van der Waals surface area (Å²) in [5.74, 6) is -0.238. The first-order valence-corrected chi connectivity index (χ1v) is 10.3. The van der Waals surface area contributed by atoms with Gasteiger partial charge in [-0.3, -0.25) is 4.79 Å². The van der Waals surface area contributed by atoms with E-state index < -0.39 is 21.1 Å². The molecular weight excluding hydrogens is 343 g/mol. The van der Waals surface area contributed by atoms with Gasteiger partial charge in [0.15, 0.2) is 0 Å². The van der Waals surface area contributed by atoms with Crippen LogP contribution in [0.15, 0.2) is 18.2 Å². The van der Waals surface area contributed by atoms with Crippen molar-refractivity contribution in [3.63, 3.8) is 0 Å². The lowest BCUT2D eigenvalue weighted by Gasteiger charge is -2.41. The molecule has 1 aromatic carbocycles. The summed E-state index contributed by atoms with van der Waals surface area (Å²) in [5.41, 5.74) is 1.25. The quantitative estimate of drug-likeness (QED) is 0.801. The zero-order valence-corrected chi connectivity index (χ0v) is 15.6. The van der Waals surface area contributed by atoms with Crippen LogP contribution in [-0.2, 0) is 21.4 Å². The van der Waals surface area contributed by atoms with Gasteiger partial charge in [-0.05, 0) is 25.8 Å². The van der Waals surface area contributed by atoms with Gasteiger partial charge in [0.2, 0.25) is 15.9 Å². The minimum atomic E-state index is -3.55. The maximum Gasteiger partial charge on any atom is 0.225 e. The number of likely N-dealkylation sites (tertiary alicyclic amines) is 1. The molecule has 0 N–H and O–H groups in total. The number of amides is 1. The van der Waals surface area contributed by atoms with Crippen LogP contribution in [0.5, 0.6) is 0 Å². The van der Waals surface area contributed by atoms with Gasteiger partial charge in [-0.2, -0.15) is 0 Å². The molecule has 0 unspecified atom stereocenters. The Morgan fingerprint density at radius 2 is 1.92 bits per heavy atom. The first-order chi connectivity index (χ1) is 11.8. The number of aryl methyl sites for hydroxylation is 1. The maximum atomic E-state index is 13.9. The Bertz CT molecular complexity index is 754. The Kier molecular flexibility index (Phi) is 5.16. The van der Waals surface area contributed by atoms with Crippen molar-refractivity contribution in [2.75, 3.05) is 20.1 Å². The van der Waals surface area contributed by atoms with Crippen LogP contribution in [0.3, 0.4) is 0 Å². The van der Waals surface area contributed by atoms with Gasteiger partial charge in [-0.1, -0.05) is 30.5 Å². The number of halogens is 1. The van der Waals surface area contributed by atoms with Crippen LogP contribution < -0.4 is 0 Å². The fourth-order valence-corrected chi connectivity index (χ4v) is 5.21. The van der Waals surface area contributed by atoms with Gasteiger partial charge < -0.3 is 4.90 Å². The fraction of sp³-hybridized carbons (Fsp3) is 0.611. The number of nitrogens with zero attached hydrogens (tertiary/aromatic N) is 2. The Hall–Kier alpha value is -1.47. The summed E-state index contributed by atoms with van der Waals surface area (Å²) in [6.45, 7) is 2.34. The molecule has 2 aliphatic rings. The molecule has 7 heteroatoms. The van der Waals surface area contributed by atoms with Crippen LogP contribution in [-0.4, -0.2) is 48.9 Å². The Balaban J connectivity index is 1.60. The molecule has 0 aromatic heterocycles. The van der Waals surface area contributed by atoms with Crippen LogP contribution >= 0.6 is 0 Å². The molecule has 25 heavy (non-hydrogen) atoms. The predicted octanol–water partition coefficient (Wildman–Crippen LogP) is 2.30. The summed E-state index contributed by atoms with van der Waals surface area (Å²) >= 11 is 0. The van der Waals surface area contributed by atoms with E-state index in [0.29, 0.717) is 5.56 Å². The van der Waals surface area contributed by atoms with E-state index in [9.17, 15) is 17.6 Å². The second kappa shape index (κ2) is 7.03. The molecule has 138 valence electrons. The molecule has 1 saturated carbocycles. The highest BCUT2D eigenvalue weighted by atomic mass is 32.2. The van der Waals surface area contributed by atoms with E-state index in [1.54, 1.807) is 17.0 Å². The molecule has 2 fully saturated rings. The van der Waals surface area contributed by atoms with Crippen LogP contribution in [0.2, 0.25) is 0 Å². The molecule has 0 spiro atoms. The van der Waals surface area contributed by atoms with Crippen LogP contribution in [0, 0.1) is 18.7 Å². The minimum Gasteiger partial charge on any atom is -0.340 e. The third-order valence-electron chi connectivity index (χ3n) is 5.31. The van der Waals surface area contributed by atoms with Gasteiger partial charge in [0, 0.05) is 38.2 Å². The fourth-order valence-electron chi connectivity index (χ4n) is 3.65. The first kappa shape index (κ1) is 18.3. The van der Waals surface area contributed by atoms with Crippen molar-refractivity contribution in [1.82, 2.24) is 9.21 Å². The second-order valence-electron chi connectivity index (χ2n) is 7.24. The van der Waals surface area contributed by atoms with E-state index in [1.165, 1.54) is 17.4 Å². The molecule has 1 heterocycles. The summed E-state index contributed by atoms with van der Waals surface area (Å²) in [4.78, 5) is 14.0. The van der Waals surface area contributed by atoms with Gasteiger partial charge in [0.05, 0.1) is 0 Å². The van der Waals surface area contributed by atoms with E-state index in [-0.39, 0.29) is 31.5 Å². The molecule has 5 nitrogen and oxygen atoms in total. The van der Waals surface area contributed by atoms with Crippen molar-refractivity contribution in [1.29, 1.82) is 0 Å². The number of hydrogen-bond donors (Lipinski definition) is 0. The van der Waals surface area contributed by atoms with Crippen LogP contribution in [0.1, 0.15) is 36.8 Å². The highest BCUT2D eigenvalue weighted by Gasteiger charge is 2.43. The Labute approximate surface area is 148 Å². The number of carbonyl (C=O) groups excluding carboxylic acids is 1. The van der Waals surface area contributed by atoms with Crippen molar-refractivity contribution < 1.29 is 17.6 Å². The summed E-state index contributed by atoms with van der Waals surface area (Å²) in [6, 6.07) is 4.68. The van der Waals surface area contributed by atoms with Crippen molar-refractivity contribution in [3.8, 4) is 0 Å². The summed E-state index contributed by atoms with van der Waals surface area (Å²) in [6.07, 6.45) is 3.99. The smallest absolute Gasteiger partial charge is 0.225 e. The lowest BCUT2D eigenvalue weighted by Crippen LogP contribution is -2.60. The SMILES string of the molecule is Cc1ccc(F)c(CN(C)S(=O)(=O)C2CN(C(=O)C3CCCC3)C2)c1. The summed E-state index contributed by atoms with van der Waals surface area (Å²) < 4.78 is 40.4. The molecule has 1 saturated heterocycles. The van der Waals surface area contributed by atoms with E-state index in [4.69, 9.17) is 0 Å². The second-order valence-corrected chi connectivity index (χ2v) is 9.56. The predicted molar refractivity (Wildman–Crippen MR) is 93.8 cm³/mol. The average Bonchev–Trinajstić information content (AvgIpc) is 3.03. The molecule has 1 aliphatic carbocycles. The lowest BCUT2D eigenvalue weighted by molar-refractivity contribution is -0.138. The van der Waals surface area contributed by atoms with Crippen LogP contribution in [0.25, 0.3) is 0 Å². The Morgan fingerprint density at radius 1 is 1.28 bits per heavy atom. The normalized spacial score (nSPS) is 19.4. The van der Waals surface area contributed by atoms with Gasteiger partial charge in [0.1, 0.15) is 11.1 Å². The van der Waals surface area contributed by atoms with E-state index in [2.05, 4.69) is 0 Å². The monoisotopic (exact) mass is 368 g/mol. The van der Waals surface area contributed by atoms with Gasteiger partial charge >= 0.3 is 0 Å². The number of hydrogen-bond acceptors (Lipinski definition) is 3. The lowest BCUT2D eigenvalue weighted by atomic mass is 10.0.